The molecule has 2 N–H and O–H groups in total. The van der Waals surface area contributed by atoms with E-state index in [0.29, 0.717) is 32.0 Å². The van der Waals surface area contributed by atoms with Gasteiger partial charge in [0.15, 0.2) is 0 Å². The molecule has 1 aromatic rings. The minimum absolute atomic E-state index is 0.0387. The predicted molar refractivity (Wildman–Crippen MR) is 57.9 cm³/mol. The van der Waals surface area contributed by atoms with Crippen molar-refractivity contribution < 1.29 is 9.53 Å². The maximum atomic E-state index is 12.1. The van der Waals surface area contributed by atoms with Gasteiger partial charge in [0.1, 0.15) is 5.69 Å². The van der Waals surface area contributed by atoms with E-state index in [0.717, 1.165) is 0 Å². The second kappa shape index (κ2) is 4.63. The monoisotopic (exact) mass is 224 g/mol. The van der Waals surface area contributed by atoms with Crippen LogP contribution in [0.3, 0.4) is 0 Å². The van der Waals surface area contributed by atoms with Gasteiger partial charge in [0, 0.05) is 26.3 Å². The van der Waals surface area contributed by atoms with Crippen molar-refractivity contribution in [2.45, 2.75) is 6.04 Å². The molecule has 0 bridgehead atoms. The van der Waals surface area contributed by atoms with E-state index in [1.807, 2.05) is 0 Å². The lowest BCUT2D eigenvalue weighted by atomic mass is 10.2. The van der Waals surface area contributed by atoms with Gasteiger partial charge in [-0.2, -0.15) is 5.10 Å². The van der Waals surface area contributed by atoms with Crippen molar-refractivity contribution in [2.24, 2.45) is 12.8 Å². The van der Waals surface area contributed by atoms with E-state index in [2.05, 4.69) is 5.10 Å². The number of aryl methyl sites for hydroxylation is 1. The zero-order chi connectivity index (χ0) is 11.5. The quantitative estimate of drug-likeness (QED) is 0.715. The number of ether oxygens (including phenoxy) is 1. The summed E-state index contributed by atoms with van der Waals surface area (Å²) in [5.41, 5.74) is 6.08. The lowest BCUT2D eigenvalue weighted by molar-refractivity contribution is 0.000489. The van der Waals surface area contributed by atoms with Crippen LogP contribution >= 0.6 is 0 Å². The fourth-order valence-corrected chi connectivity index (χ4v) is 1.79. The molecule has 0 spiro atoms. The molecule has 1 saturated heterocycles. The number of hydrogen-bond acceptors (Lipinski definition) is 4. The van der Waals surface area contributed by atoms with Crippen LogP contribution in [0.25, 0.3) is 0 Å². The Morgan fingerprint density at radius 3 is 3.19 bits per heavy atom. The van der Waals surface area contributed by atoms with Crippen LogP contribution in [0.2, 0.25) is 0 Å². The third kappa shape index (κ3) is 2.07. The molecule has 1 aliphatic heterocycles. The molecule has 1 fully saturated rings. The molecular weight excluding hydrogens is 208 g/mol. The van der Waals surface area contributed by atoms with Gasteiger partial charge in [-0.1, -0.05) is 0 Å². The Balaban J connectivity index is 2.13. The van der Waals surface area contributed by atoms with Gasteiger partial charge in [-0.15, -0.1) is 0 Å². The predicted octanol–water partition coefficient (Wildman–Crippen LogP) is -0.780. The first kappa shape index (κ1) is 11.1. The molecule has 1 amide bonds. The molecule has 0 radical (unpaired) electrons. The molecular formula is C10H16N4O2. The van der Waals surface area contributed by atoms with Crippen LogP contribution < -0.4 is 5.73 Å². The van der Waals surface area contributed by atoms with Gasteiger partial charge >= 0.3 is 0 Å². The van der Waals surface area contributed by atoms with Crippen LogP contribution in [0.5, 0.6) is 0 Å². The van der Waals surface area contributed by atoms with E-state index in [4.69, 9.17) is 10.5 Å². The van der Waals surface area contributed by atoms with Gasteiger partial charge in [-0.25, -0.2) is 0 Å². The number of carbonyl (C=O) groups excluding carboxylic acids is 1. The number of aromatic nitrogens is 2. The second-order valence-electron chi connectivity index (χ2n) is 3.84. The van der Waals surface area contributed by atoms with Gasteiger partial charge in [0.25, 0.3) is 5.91 Å². The summed E-state index contributed by atoms with van der Waals surface area (Å²) in [6, 6.07) is 1.68. The van der Waals surface area contributed by atoms with E-state index < -0.39 is 0 Å². The highest BCUT2D eigenvalue weighted by molar-refractivity contribution is 5.92. The summed E-state index contributed by atoms with van der Waals surface area (Å²) in [5.74, 6) is -0.0700. The van der Waals surface area contributed by atoms with Crippen molar-refractivity contribution in [3.05, 3.63) is 18.0 Å². The molecule has 0 aromatic carbocycles. The minimum atomic E-state index is -0.0700. The first-order chi connectivity index (χ1) is 7.72. The Labute approximate surface area is 94.0 Å². The Hall–Kier alpha value is -1.40. The lowest BCUT2D eigenvalue weighted by Gasteiger charge is -2.34. The maximum Gasteiger partial charge on any atom is 0.274 e. The van der Waals surface area contributed by atoms with E-state index >= 15 is 0 Å². The number of carbonyl (C=O) groups is 1. The summed E-state index contributed by atoms with van der Waals surface area (Å²) in [5, 5.41) is 4.10. The minimum Gasteiger partial charge on any atom is -0.377 e. The summed E-state index contributed by atoms with van der Waals surface area (Å²) in [6.45, 7) is 2.07. The molecule has 1 atom stereocenters. The fourth-order valence-electron chi connectivity index (χ4n) is 1.79. The van der Waals surface area contributed by atoms with E-state index in [-0.39, 0.29) is 11.9 Å². The number of nitrogens with zero attached hydrogens (tertiary/aromatic N) is 3. The number of hydrogen-bond donors (Lipinski definition) is 1. The Morgan fingerprint density at radius 2 is 2.56 bits per heavy atom. The summed E-state index contributed by atoms with van der Waals surface area (Å²) in [4.78, 5) is 13.9. The number of rotatable bonds is 2. The molecule has 16 heavy (non-hydrogen) atoms. The van der Waals surface area contributed by atoms with Crippen molar-refractivity contribution in [1.82, 2.24) is 14.7 Å². The fraction of sp³-hybridized carbons (Fsp3) is 0.600. The topological polar surface area (TPSA) is 73.4 Å². The van der Waals surface area contributed by atoms with Gasteiger partial charge in [0.05, 0.1) is 19.3 Å². The average molecular weight is 224 g/mol. The first-order valence-electron chi connectivity index (χ1n) is 5.31. The van der Waals surface area contributed by atoms with E-state index in [1.165, 1.54) is 0 Å². The van der Waals surface area contributed by atoms with Crippen LogP contribution in [0, 0.1) is 0 Å². The van der Waals surface area contributed by atoms with Gasteiger partial charge in [0.2, 0.25) is 0 Å². The van der Waals surface area contributed by atoms with Crippen LogP contribution in [-0.2, 0) is 11.8 Å². The van der Waals surface area contributed by atoms with Crippen molar-refractivity contribution in [3.8, 4) is 0 Å². The Bertz CT molecular complexity index is 377. The Kier molecular flexibility index (Phi) is 3.21. The number of morpholine rings is 1. The Morgan fingerprint density at radius 1 is 1.75 bits per heavy atom. The molecule has 1 aliphatic rings. The molecule has 0 aliphatic carbocycles. The smallest absolute Gasteiger partial charge is 0.274 e. The van der Waals surface area contributed by atoms with Crippen LogP contribution in [-0.4, -0.2) is 52.9 Å². The molecule has 88 valence electrons. The highest BCUT2D eigenvalue weighted by atomic mass is 16.5. The highest BCUT2D eigenvalue weighted by Crippen LogP contribution is 2.10. The third-order valence-corrected chi connectivity index (χ3v) is 2.69. The third-order valence-electron chi connectivity index (χ3n) is 2.69. The van der Waals surface area contributed by atoms with Crippen molar-refractivity contribution in [3.63, 3.8) is 0 Å². The van der Waals surface area contributed by atoms with E-state index in [1.54, 1.807) is 28.9 Å². The largest absolute Gasteiger partial charge is 0.377 e. The highest BCUT2D eigenvalue weighted by Gasteiger charge is 2.28. The summed E-state index contributed by atoms with van der Waals surface area (Å²) < 4.78 is 6.91. The maximum absolute atomic E-state index is 12.1. The molecule has 1 unspecified atom stereocenters. The zero-order valence-corrected chi connectivity index (χ0v) is 9.30. The summed E-state index contributed by atoms with van der Waals surface area (Å²) in [6.07, 6.45) is 1.76. The van der Waals surface area contributed by atoms with Gasteiger partial charge in [-0.05, 0) is 6.07 Å². The van der Waals surface area contributed by atoms with Gasteiger partial charge in [-0.3, -0.25) is 9.48 Å². The number of amides is 1. The molecule has 6 heteroatoms. The SMILES string of the molecule is Cn1ccc(C(=O)N2CCOCC2CN)n1. The average Bonchev–Trinajstić information content (AvgIpc) is 2.75. The second-order valence-corrected chi connectivity index (χ2v) is 3.84. The van der Waals surface area contributed by atoms with Crippen LogP contribution in [0.15, 0.2) is 12.3 Å². The van der Waals surface area contributed by atoms with Crippen molar-refractivity contribution in [1.29, 1.82) is 0 Å². The molecule has 2 heterocycles. The first-order valence-corrected chi connectivity index (χ1v) is 5.31. The standard InChI is InChI=1S/C10H16N4O2/c1-13-3-2-9(12-13)10(15)14-4-5-16-7-8(14)6-11/h2-3,8H,4-7,11H2,1H3. The van der Waals surface area contributed by atoms with Crippen molar-refractivity contribution in [2.75, 3.05) is 26.3 Å². The van der Waals surface area contributed by atoms with E-state index in [9.17, 15) is 4.79 Å². The summed E-state index contributed by atoms with van der Waals surface area (Å²) >= 11 is 0. The molecule has 1 aromatic heterocycles. The van der Waals surface area contributed by atoms with Crippen LogP contribution in [0.1, 0.15) is 10.5 Å². The summed E-state index contributed by atoms with van der Waals surface area (Å²) in [7, 11) is 1.79. The molecule has 2 rings (SSSR count). The van der Waals surface area contributed by atoms with Crippen LogP contribution in [0.4, 0.5) is 0 Å². The lowest BCUT2D eigenvalue weighted by Crippen LogP contribution is -2.52. The zero-order valence-electron chi connectivity index (χ0n) is 9.30. The van der Waals surface area contributed by atoms with Crippen molar-refractivity contribution >= 4 is 5.91 Å². The normalized spacial score (nSPS) is 21.1. The van der Waals surface area contributed by atoms with Gasteiger partial charge < -0.3 is 15.4 Å². The molecule has 6 nitrogen and oxygen atoms in total. The molecule has 0 saturated carbocycles. The number of nitrogens with two attached hydrogens (primary N) is 1.